The van der Waals surface area contributed by atoms with E-state index in [1.54, 1.807) is 0 Å². The molecule has 1 aromatic carbocycles. The van der Waals surface area contributed by atoms with Gasteiger partial charge in [0, 0.05) is 24.0 Å². The summed E-state index contributed by atoms with van der Waals surface area (Å²) >= 11 is 6.18. The molecule has 0 radical (unpaired) electrons. The number of hydrogen-bond donors (Lipinski definition) is 2. The summed E-state index contributed by atoms with van der Waals surface area (Å²) in [6.45, 7) is 4.92. The average Bonchev–Trinajstić information content (AvgIpc) is 2.58. The van der Waals surface area contributed by atoms with Crippen LogP contribution in [0.5, 0.6) is 0 Å². The number of carbonyl (C=O) groups excluding carboxylic acids is 1. The molecule has 1 fully saturated rings. The Morgan fingerprint density at radius 3 is 3.04 bits per heavy atom. The van der Waals surface area contributed by atoms with Gasteiger partial charge in [0.2, 0.25) is 0 Å². The third kappa shape index (κ3) is 5.37. The summed E-state index contributed by atoms with van der Waals surface area (Å²) in [6, 6.07) is 5.91. The lowest BCUT2D eigenvalue weighted by molar-refractivity contribution is 0.00437. The molecular formula is C17H25ClN2O3. The maximum atomic E-state index is 11.1. The molecule has 1 aromatic rings. The van der Waals surface area contributed by atoms with Crippen molar-refractivity contribution in [3.05, 3.63) is 34.3 Å². The Morgan fingerprint density at radius 2 is 2.35 bits per heavy atom. The van der Waals surface area contributed by atoms with Crippen LogP contribution in [0.15, 0.2) is 18.2 Å². The number of nitrogens with one attached hydrogen (secondary N) is 2. The molecule has 0 bridgehead atoms. The van der Waals surface area contributed by atoms with Crippen LogP contribution in [0.3, 0.4) is 0 Å². The number of ether oxygens (including phenoxy) is 2. The summed E-state index contributed by atoms with van der Waals surface area (Å²) in [6.07, 6.45) is 1.79. The zero-order valence-electron chi connectivity index (χ0n) is 13.7. The molecule has 1 amide bonds. The quantitative estimate of drug-likeness (QED) is 0.781. The van der Waals surface area contributed by atoms with Crippen molar-refractivity contribution in [2.75, 3.05) is 33.4 Å². The summed E-state index contributed by atoms with van der Waals surface area (Å²) in [5.74, 6) is 0.402. The van der Waals surface area contributed by atoms with Crippen LogP contribution in [-0.2, 0) is 9.47 Å². The smallest absolute Gasteiger partial charge is 0.406 e. The van der Waals surface area contributed by atoms with E-state index in [1.165, 1.54) is 12.7 Å². The molecule has 23 heavy (non-hydrogen) atoms. The van der Waals surface area contributed by atoms with Gasteiger partial charge >= 0.3 is 6.09 Å². The Balaban J connectivity index is 2.05. The van der Waals surface area contributed by atoms with E-state index in [2.05, 4.69) is 22.3 Å². The normalized spacial score (nSPS) is 19.2. The molecule has 1 heterocycles. The molecule has 1 unspecified atom stereocenters. The number of rotatable bonds is 6. The lowest BCUT2D eigenvalue weighted by Crippen LogP contribution is -2.35. The largest absolute Gasteiger partial charge is 0.453 e. The number of halogens is 1. The number of carbonyl (C=O) groups is 1. The van der Waals surface area contributed by atoms with Gasteiger partial charge in [-0.05, 0) is 49.6 Å². The number of benzene rings is 1. The third-order valence-electron chi connectivity index (χ3n) is 4.17. The van der Waals surface area contributed by atoms with E-state index in [-0.39, 0.29) is 6.10 Å². The van der Waals surface area contributed by atoms with Gasteiger partial charge in [0.15, 0.2) is 0 Å². The minimum absolute atomic E-state index is 0.0269. The minimum Gasteiger partial charge on any atom is -0.453 e. The molecule has 6 heteroatoms. The van der Waals surface area contributed by atoms with E-state index in [0.29, 0.717) is 19.1 Å². The van der Waals surface area contributed by atoms with Gasteiger partial charge in [-0.15, -0.1) is 0 Å². The van der Waals surface area contributed by atoms with Crippen LogP contribution in [0, 0.1) is 12.8 Å². The number of hydrogen-bond acceptors (Lipinski definition) is 4. The monoisotopic (exact) mass is 340 g/mol. The topological polar surface area (TPSA) is 59.6 Å². The van der Waals surface area contributed by atoms with Crippen molar-refractivity contribution in [1.29, 1.82) is 0 Å². The average molecular weight is 341 g/mol. The molecule has 0 saturated carbocycles. The SMILES string of the molecule is COC(=O)NCCOC(c1cc(Cl)ccc1C)[C@@H]1CCCNC1. The summed E-state index contributed by atoms with van der Waals surface area (Å²) < 4.78 is 10.7. The molecule has 0 spiro atoms. The molecule has 1 aliphatic heterocycles. The molecule has 2 rings (SSSR count). The standard InChI is InChI=1S/C17H25ClN2O3/c1-12-5-6-14(18)10-15(12)16(13-4-3-7-19-11-13)23-9-8-20-17(21)22-2/h5-6,10,13,16,19H,3-4,7-9,11H2,1-2H3,(H,20,21)/t13-,16?/m1/s1. The Morgan fingerprint density at radius 1 is 1.52 bits per heavy atom. The van der Waals surface area contributed by atoms with Crippen molar-refractivity contribution in [2.24, 2.45) is 5.92 Å². The van der Waals surface area contributed by atoms with Crippen LogP contribution in [0.2, 0.25) is 5.02 Å². The predicted octanol–water partition coefficient (Wildman–Crippen LogP) is 3.06. The van der Waals surface area contributed by atoms with Crippen molar-refractivity contribution in [3.8, 4) is 0 Å². The van der Waals surface area contributed by atoms with Crippen molar-refractivity contribution in [2.45, 2.75) is 25.9 Å². The van der Waals surface area contributed by atoms with Crippen LogP contribution in [0.1, 0.15) is 30.1 Å². The number of amides is 1. The van der Waals surface area contributed by atoms with E-state index < -0.39 is 6.09 Å². The first kappa shape index (κ1) is 18.0. The number of aryl methyl sites for hydroxylation is 1. The Bertz CT molecular complexity index is 519. The molecule has 5 nitrogen and oxygen atoms in total. The van der Waals surface area contributed by atoms with Gasteiger partial charge in [-0.2, -0.15) is 0 Å². The second kappa shape index (κ2) is 9.11. The lowest BCUT2D eigenvalue weighted by Gasteiger charge is -2.32. The van der Waals surface area contributed by atoms with Crippen molar-refractivity contribution >= 4 is 17.7 Å². The van der Waals surface area contributed by atoms with E-state index in [1.807, 2.05) is 18.2 Å². The molecule has 0 aromatic heterocycles. The molecule has 0 aliphatic carbocycles. The fourth-order valence-corrected chi connectivity index (χ4v) is 3.13. The zero-order chi connectivity index (χ0) is 16.7. The molecule has 1 saturated heterocycles. The van der Waals surface area contributed by atoms with Gasteiger partial charge in [0.25, 0.3) is 0 Å². The number of piperidine rings is 1. The zero-order valence-corrected chi connectivity index (χ0v) is 14.5. The fraction of sp³-hybridized carbons (Fsp3) is 0.588. The molecular weight excluding hydrogens is 316 g/mol. The summed E-state index contributed by atoms with van der Waals surface area (Å²) in [4.78, 5) is 11.1. The molecule has 2 atom stereocenters. The maximum absolute atomic E-state index is 11.1. The van der Waals surface area contributed by atoms with Crippen LogP contribution in [-0.4, -0.2) is 39.4 Å². The van der Waals surface area contributed by atoms with Crippen molar-refractivity contribution in [1.82, 2.24) is 10.6 Å². The summed E-state index contributed by atoms with van der Waals surface area (Å²) in [5, 5.41) is 6.79. The lowest BCUT2D eigenvalue weighted by atomic mass is 9.87. The maximum Gasteiger partial charge on any atom is 0.406 e. The van der Waals surface area contributed by atoms with Crippen molar-refractivity contribution < 1.29 is 14.3 Å². The van der Waals surface area contributed by atoms with Crippen LogP contribution in [0.4, 0.5) is 4.79 Å². The highest BCUT2D eigenvalue weighted by Gasteiger charge is 2.27. The van der Waals surface area contributed by atoms with E-state index >= 15 is 0 Å². The van der Waals surface area contributed by atoms with Gasteiger partial charge in [-0.3, -0.25) is 0 Å². The number of alkyl carbamates (subject to hydrolysis) is 1. The minimum atomic E-state index is -0.441. The van der Waals surface area contributed by atoms with Crippen LogP contribution >= 0.6 is 11.6 Å². The van der Waals surface area contributed by atoms with Gasteiger partial charge in [-0.1, -0.05) is 17.7 Å². The van der Waals surface area contributed by atoms with Crippen molar-refractivity contribution in [3.63, 3.8) is 0 Å². The highest BCUT2D eigenvalue weighted by Crippen LogP contribution is 2.33. The predicted molar refractivity (Wildman–Crippen MR) is 90.9 cm³/mol. The fourth-order valence-electron chi connectivity index (χ4n) is 2.95. The van der Waals surface area contributed by atoms with Crippen LogP contribution < -0.4 is 10.6 Å². The van der Waals surface area contributed by atoms with E-state index in [4.69, 9.17) is 16.3 Å². The second-order valence-corrected chi connectivity index (χ2v) is 6.25. The third-order valence-corrected chi connectivity index (χ3v) is 4.40. The first-order valence-electron chi connectivity index (χ1n) is 8.02. The summed E-state index contributed by atoms with van der Waals surface area (Å²) in [5.41, 5.74) is 2.30. The Labute approximate surface area is 142 Å². The van der Waals surface area contributed by atoms with Crippen LogP contribution in [0.25, 0.3) is 0 Å². The van der Waals surface area contributed by atoms with Gasteiger partial charge in [0.05, 0.1) is 19.8 Å². The highest BCUT2D eigenvalue weighted by atomic mass is 35.5. The summed E-state index contributed by atoms with van der Waals surface area (Å²) in [7, 11) is 1.35. The number of methoxy groups -OCH3 is 1. The van der Waals surface area contributed by atoms with E-state index in [0.717, 1.165) is 36.5 Å². The van der Waals surface area contributed by atoms with Gasteiger partial charge < -0.3 is 20.1 Å². The first-order chi connectivity index (χ1) is 11.1. The highest BCUT2D eigenvalue weighted by molar-refractivity contribution is 6.30. The van der Waals surface area contributed by atoms with E-state index in [9.17, 15) is 4.79 Å². The first-order valence-corrected chi connectivity index (χ1v) is 8.40. The van der Waals surface area contributed by atoms with Gasteiger partial charge in [0.1, 0.15) is 0 Å². The molecule has 2 N–H and O–H groups in total. The molecule has 128 valence electrons. The van der Waals surface area contributed by atoms with Gasteiger partial charge in [-0.25, -0.2) is 4.79 Å². The molecule has 1 aliphatic rings. The second-order valence-electron chi connectivity index (χ2n) is 5.82. The Kier molecular flexibility index (Phi) is 7.15. The Hall–Kier alpha value is -1.30.